The molecule has 1 rings (SSSR count). The van der Waals surface area contributed by atoms with Crippen molar-refractivity contribution in [2.45, 2.75) is 32.9 Å². The highest BCUT2D eigenvalue weighted by atomic mass is 16.5. The fourth-order valence-electron chi connectivity index (χ4n) is 1.79. The molecule has 0 spiro atoms. The fraction of sp³-hybridized carbons (Fsp3) is 0.846. The molecule has 0 bridgehead atoms. The van der Waals surface area contributed by atoms with Gasteiger partial charge in [0.15, 0.2) is 0 Å². The third-order valence-corrected chi connectivity index (χ3v) is 2.92. The molecule has 0 unspecified atom stereocenters. The molecule has 0 aliphatic heterocycles. The molecule has 0 fully saturated rings. The molecule has 0 aliphatic rings. The van der Waals surface area contributed by atoms with Crippen molar-refractivity contribution in [3.05, 3.63) is 11.9 Å². The third kappa shape index (κ3) is 7.25. The van der Waals surface area contributed by atoms with Crippen LogP contribution in [0.2, 0.25) is 0 Å². The topological polar surface area (TPSA) is 55.2 Å². The summed E-state index contributed by atoms with van der Waals surface area (Å²) in [5, 5.41) is 11.6. The van der Waals surface area contributed by atoms with E-state index in [0.717, 1.165) is 57.9 Å². The van der Waals surface area contributed by atoms with E-state index in [1.807, 2.05) is 10.9 Å². The summed E-state index contributed by atoms with van der Waals surface area (Å²) in [5.41, 5.74) is 1.01. The lowest BCUT2D eigenvalue weighted by molar-refractivity contribution is 0.178. The zero-order valence-corrected chi connectivity index (χ0v) is 12.4. The van der Waals surface area contributed by atoms with Gasteiger partial charge in [-0.05, 0) is 26.4 Å². The van der Waals surface area contributed by atoms with E-state index in [2.05, 4.69) is 34.5 Å². The molecule has 0 atom stereocenters. The van der Waals surface area contributed by atoms with E-state index in [9.17, 15) is 0 Å². The summed E-state index contributed by atoms with van der Waals surface area (Å²) in [7, 11) is 3.86. The summed E-state index contributed by atoms with van der Waals surface area (Å²) in [6.07, 6.45) is 4.22. The van der Waals surface area contributed by atoms with Crippen molar-refractivity contribution in [2.24, 2.45) is 0 Å². The highest BCUT2D eigenvalue weighted by Gasteiger charge is 2.02. The molecule has 19 heavy (non-hydrogen) atoms. The molecule has 1 aromatic rings. The zero-order valence-electron chi connectivity index (χ0n) is 12.4. The minimum Gasteiger partial charge on any atom is -0.385 e. The number of hydrogen-bond donors (Lipinski definition) is 1. The second-order valence-electron chi connectivity index (χ2n) is 4.80. The van der Waals surface area contributed by atoms with Gasteiger partial charge in [-0.25, -0.2) is 0 Å². The van der Waals surface area contributed by atoms with E-state index in [4.69, 9.17) is 4.74 Å². The van der Waals surface area contributed by atoms with Crippen molar-refractivity contribution in [3.8, 4) is 0 Å². The van der Waals surface area contributed by atoms with Crippen LogP contribution >= 0.6 is 0 Å². The lowest BCUT2D eigenvalue weighted by Gasteiger charge is -2.15. The van der Waals surface area contributed by atoms with E-state index < -0.39 is 0 Å². The molecule has 1 heterocycles. The lowest BCUT2D eigenvalue weighted by atomic mass is 10.4. The van der Waals surface area contributed by atoms with Crippen LogP contribution in [0, 0.1) is 0 Å². The molecule has 0 saturated heterocycles. The van der Waals surface area contributed by atoms with Crippen LogP contribution < -0.4 is 5.32 Å². The Morgan fingerprint density at radius 2 is 2.26 bits per heavy atom. The molecular weight excluding hydrogens is 242 g/mol. The Bertz CT molecular complexity index is 329. The summed E-state index contributed by atoms with van der Waals surface area (Å²) in [6, 6.07) is 0. The van der Waals surface area contributed by atoms with Crippen LogP contribution in [0.15, 0.2) is 6.20 Å². The molecule has 1 N–H and O–H groups in total. The third-order valence-electron chi connectivity index (χ3n) is 2.92. The Labute approximate surface area is 116 Å². The van der Waals surface area contributed by atoms with Crippen LogP contribution in [0.25, 0.3) is 0 Å². The number of methoxy groups -OCH3 is 1. The second kappa shape index (κ2) is 9.89. The largest absolute Gasteiger partial charge is 0.385 e. The van der Waals surface area contributed by atoms with Gasteiger partial charge in [0.2, 0.25) is 0 Å². The summed E-state index contributed by atoms with van der Waals surface area (Å²) in [6.45, 7) is 7.71. The fourth-order valence-corrected chi connectivity index (χ4v) is 1.79. The molecular formula is C13H27N5O. The molecule has 0 radical (unpaired) electrons. The van der Waals surface area contributed by atoms with Gasteiger partial charge in [0.05, 0.1) is 12.2 Å². The summed E-state index contributed by atoms with van der Waals surface area (Å²) >= 11 is 0. The summed E-state index contributed by atoms with van der Waals surface area (Å²) < 4.78 is 6.96. The SMILES string of the molecule is CCCNCc1cn(CCN(C)CCCOC)nn1. The number of aromatic nitrogens is 3. The van der Waals surface area contributed by atoms with Gasteiger partial charge in [-0.1, -0.05) is 12.1 Å². The number of nitrogens with one attached hydrogen (secondary N) is 1. The second-order valence-corrected chi connectivity index (χ2v) is 4.80. The highest BCUT2D eigenvalue weighted by Crippen LogP contribution is 1.95. The number of likely N-dealkylation sites (N-methyl/N-ethyl adjacent to an activating group) is 1. The molecule has 0 amide bonds. The van der Waals surface area contributed by atoms with E-state index in [-0.39, 0.29) is 0 Å². The van der Waals surface area contributed by atoms with Crippen LogP contribution in [0.5, 0.6) is 0 Å². The number of ether oxygens (including phenoxy) is 1. The van der Waals surface area contributed by atoms with Gasteiger partial charge >= 0.3 is 0 Å². The molecule has 6 heteroatoms. The van der Waals surface area contributed by atoms with Crippen molar-refractivity contribution in [2.75, 3.05) is 40.4 Å². The maximum Gasteiger partial charge on any atom is 0.0964 e. The normalized spacial score (nSPS) is 11.4. The van der Waals surface area contributed by atoms with E-state index in [1.165, 1.54) is 0 Å². The predicted molar refractivity (Wildman–Crippen MR) is 76.0 cm³/mol. The Hall–Kier alpha value is -0.980. The first-order valence-corrected chi connectivity index (χ1v) is 7.03. The first-order valence-electron chi connectivity index (χ1n) is 7.03. The molecule has 0 aromatic carbocycles. The van der Waals surface area contributed by atoms with Crippen LogP contribution in [-0.2, 0) is 17.8 Å². The van der Waals surface area contributed by atoms with E-state index in [1.54, 1.807) is 7.11 Å². The Morgan fingerprint density at radius 3 is 3.00 bits per heavy atom. The van der Waals surface area contributed by atoms with Crippen LogP contribution in [0.4, 0.5) is 0 Å². The van der Waals surface area contributed by atoms with Gasteiger partial charge in [-0.3, -0.25) is 4.68 Å². The van der Waals surface area contributed by atoms with Crippen LogP contribution in [-0.4, -0.2) is 60.3 Å². The van der Waals surface area contributed by atoms with Gasteiger partial charge < -0.3 is 15.0 Å². The minimum absolute atomic E-state index is 0.803. The molecule has 0 saturated carbocycles. The summed E-state index contributed by atoms with van der Waals surface area (Å²) in [4.78, 5) is 2.29. The van der Waals surface area contributed by atoms with Gasteiger partial charge in [0.1, 0.15) is 0 Å². The van der Waals surface area contributed by atoms with Crippen LogP contribution in [0.1, 0.15) is 25.5 Å². The maximum absolute atomic E-state index is 5.04. The number of hydrogen-bond acceptors (Lipinski definition) is 5. The van der Waals surface area contributed by atoms with E-state index >= 15 is 0 Å². The minimum atomic E-state index is 0.803. The standard InChI is InChI=1S/C13H27N5O/c1-4-6-14-11-13-12-18(16-15-13)9-8-17(2)7-5-10-19-3/h12,14H,4-11H2,1-3H3. The molecule has 6 nitrogen and oxygen atoms in total. The van der Waals surface area contributed by atoms with Crippen molar-refractivity contribution in [1.29, 1.82) is 0 Å². The first kappa shape index (κ1) is 16.1. The average Bonchev–Trinajstić information content (AvgIpc) is 2.85. The zero-order chi connectivity index (χ0) is 13.9. The quantitative estimate of drug-likeness (QED) is 0.601. The summed E-state index contributed by atoms with van der Waals surface area (Å²) in [5.74, 6) is 0. The predicted octanol–water partition coefficient (Wildman–Crippen LogP) is 0.746. The van der Waals surface area contributed by atoms with Crippen molar-refractivity contribution in [1.82, 2.24) is 25.2 Å². The van der Waals surface area contributed by atoms with Gasteiger partial charge in [-0.2, -0.15) is 0 Å². The molecule has 0 aliphatic carbocycles. The number of rotatable bonds is 11. The van der Waals surface area contributed by atoms with Crippen molar-refractivity contribution in [3.63, 3.8) is 0 Å². The Balaban J connectivity index is 2.18. The lowest BCUT2D eigenvalue weighted by Crippen LogP contribution is -2.25. The Kier molecular flexibility index (Phi) is 8.36. The van der Waals surface area contributed by atoms with Gasteiger partial charge in [0.25, 0.3) is 0 Å². The van der Waals surface area contributed by atoms with Gasteiger partial charge in [-0.15, -0.1) is 5.10 Å². The van der Waals surface area contributed by atoms with E-state index in [0.29, 0.717) is 0 Å². The number of nitrogens with zero attached hydrogens (tertiary/aromatic N) is 4. The van der Waals surface area contributed by atoms with Gasteiger partial charge in [0, 0.05) is 39.5 Å². The Morgan fingerprint density at radius 1 is 1.42 bits per heavy atom. The maximum atomic E-state index is 5.04. The van der Waals surface area contributed by atoms with Crippen LogP contribution in [0.3, 0.4) is 0 Å². The molecule has 1 aromatic heterocycles. The average molecular weight is 269 g/mol. The van der Waals surface area contributed by atoms with Crippen molar-refractivity contribution < 1.29 is 4.74 Å². The molecule has 110 valence electrons. The van der Waals surface area contributed by atoms with Crippen molar-refractivity contribution >= 4 is 0 Å². The monoisotopic (exact) mass is 269 g/mol. The smallest absolute Gasteiger partial charge is 0.0964 e. The highest BCUT2D eigenvalue weighted by molar-refractivity contribution is 4.91. The first-order chi connectivity index (χ1) is 9.26.